The molecule has 0 aliphatic heterocycles. The van der Waals surface area contributed by atoms with Crippen molar-refractivity contribution >= 4 is 10.9 Å². The highest BCUT2D eigenvalue weighted by Gasteiger charge is 2.23. The first-order chi connectivity index (χ1) is 11.3. The Kier molecular flexibility index (Phi) is 3.78. The maximum atomic E-state index is 5.91. The molecule has 3 aromatic rings. The lowest BCUT2D eigenvalue weighted by Gasteiger charge is -2.16. The van der Waals surface area contributed by atoms with Gasteiger partial charge in [0.2, 0.25) is 5.88 Å². The first-order valence-corrected chi connectivity index (χ1v) is 8.51. The van der Waals surface area contributed by atoms with Gasteiger partial charge in [-0.3, -0.25) is 5.10 Å². The van der Waals surface area contributed by atoms with Gasteiger partial charge in [-0.1, -0.05) is 43.3 Å². The Hall–Kier alpha value is -2.29. The maximum Gasteiger partial charge on any atom is 0.240 e. The standard InChI is InChI=1S/C20H22N2O/c1-2-17(15-6-4-3-5-7-15)16-10-11-19-18(12-16)20(22-21-19)23-13-14-8-9-14/h3-7,10-12,14,17H,2,8-9,13H2,1H3,(H,21,22). The van der Waals surface area contributed by atoms with Gasteiger partial charge in [0, 0.05) is 5.92 Å². The highest BCUT2D eigenvalue weighted by Crippen LogP contribution is 2.34. The first kappa shape index (κ1) is 14.3. The Morgan fingerprint density at radius 3 is 2.70 bits per heavy atom. The van der Waals surface area contributed by atoms with Gasteiger partial charge in [0.25, 0.3) is 0 Å². The molecule has 1 heterocycles. The third-order valence-electron chi connectivity index (χ3n) is 4.72. The molecule has 1 atom stereocenters. The molecule has 23 heavy (non-hydrogen) atoms. The molecule has 1 fully saturated rings. The van der Waals surface area contributed by atoms with Crippen LogP contribution in [0.4, 0.5) is 0 Å². The van der Waals surface area contributed by atoms with Crippen LogP contribution in [0.5, 0.6) is 5.88 Å². The van der Waals surface area contributed by atoms with Gasteiger partial charge in [-0.05, 0) is 48.4 Å². The fraction of sp³-hybridized carbons (Fsp3) is 0.350. The summed E-state index contributed by atoms with van der Waals surface area (Å²) < 4.78 is 5.91. The average Bonchev–Trinajstić information content (AvgIpc) is 3.34. The molecule has 1 aliphatic carbocycles. The van der Waals surface area contributed by atoms with Crippen LogP contribution in [0.15, 0.2) is 48.5 Å². The highest BCUT2D eigenvalue weighted by atomic mass is 16.5. The highest BCUT2D eigenvalue weighted by molar-refractivity contribution is 5.84. The lowest BCUT2D eigenvalue weighted by atomic mass is 9.89. The minimum Gasteiger partial charge on any atom is -0.476 e. The van der Waals surface area contributed by atoms with Crippen LogP contribution < -0.4 is 4.74 Å². The summed E-state index contributed by atoms with van der Waals surface area (Å²) in [6.45, 7) is 3.03. The van der Waals surface area contributed by atoms with Crippen molar-refractivity contribution in [3.05, 3.63) is 59.7 Å². The molecular formula is C20H22N2O. The average molecular weight is 306 g/mol. The molecule has 3 nitrogen and oxygen atoms in total. The maximum absolute atomic E-state index is 5.91. The Labute approximate surface area is 136 Å². The quantitative estimate of drug-likeness (QED) is 0.704. The van der Waals surface area contributed by atoms with E-state index in [1.54, 1.807) is 0 Å². The fourth-order valence-corrected chi connectivity index (χ4v) is 3.16. The fourth-order valence-electron chi connectivity index (χ4n) is 3.16. The number of fused-ring (bicyclic) bond motifs is 1. The van der Waals surface area contributed by atoms with Gasteiger partial charge >= 0.3 is 0 Å². The van der Waals surface area contributed by atoms with Crippen LogP contribution in [0, 0.1) is 5.92 Å². The second-order valence-electron chi connectivity index (χ2n) is 6.46. The third kappa shape index (κ3) is 2.96. The molecule has 1 saturated carbocycles. The van der Waals surface area contributed by atoms with Crippen molar-refractivity contribution < 1.29 is 4.74 Å². The summed E-state index contributed by atoms with van der Waals surface area (Å²) in [5.74, 6) is 1.89. The molecule has 0 radical (unpaired) electrons. The lowest BCUT2D eigenvalue weighted by molar-refractivity contribution is 0.291. The largest absolute Gasteiger partial charge is 0.476 e. The van der Waals surface area contributed by atoms with E-state index in [2.05, 4.69) is 65.7 Å². The molecule has 0 bridgehead atoms. The molecule has 0 amide bonds. The first-order valence-electron chi connectivity index (χ1n) is 8.51. The van der Waals surface area contributed by atoms with Gasteiger partial charge in [0.15, 0.2) is 0 Å². The predicted molar refractivity (Wildman–Crippen MR) is 92.9 cm³/mol. The minimum absolute atomic E-state index is 0.409. The summed E-state index contributed by atoms with van der Waals surface area (Å²) >= 11 is 0. The zero-order chi connectivity index (χ0) is 15.6. The van der Waals surface area contributed by atoms with E-state index in [4.69, 9.17) is 4.74 Å². The number of benzene rings is 2. The second-order valence-corrected chi connectivity index (χ2v) is 6.46. The Bertz CT molecular complexity index is 790. The van der Waals surface area contributed by atoms with E-state index in [9.17, 15) is 0 Å². The Morgan fingerprint density at radius 2 is 1.96 bits per heavy atom. The van der Waals surface area contributed by atoms with Crippen LogP contribution in [0.3, 0.4) is 0 Å². The zero-order valence-electron chi connectivity index (χ0n) is 13.5. The number of hydrogen-bond acceptors (Lipinski definition) is 2. The van der Waals surface area contributed by atoms with Crippen molar-refractivity contribution in [1.82, 2.24) is 10.2 Å². The molecule has 1 aliphatic rings. The second kappa shape index (κ2) is 6.07. The van der Waals surface area contributed by atoms with Crippen LogP contribution in [-0.2, 0) is 0 Å². The molecule has 2 aromatic carbocycles. The van der Waals surface area contributed by atoms with Crippen molar-refractivity contribution in [2.24, 2.45) is 5.92 Å². The van der Waals surface area contributed by atoms with Gasteiger partial charge in [-0.25, -0.2) is 0 Å². The summed E-state index contributed by atoms with van der Waals surface area (Å²) in [7, 11) is 0. The van der Waals surface area contributed by atoms with Crippen molar-refractivity contribution in [2.75, 3.05) is 6.61 Å². The van der Waals surface area contributed by atoms with Gasteiger partial charge in [0.1, 0.15) is 0 Å². The number of aromatic amines is 1. The smallest absolute Gasteiger partial charge is 0.240 e. The van der Waals surface area contributed by atoms with Crippen molar-refractivity contribution in [2.45, 2.75) is 32.1 Å². The lowest BCUT2D eigenvalue weighted by Crippen LogP contribution is -2.01. The number of ether oxygens (including phenoxy) is 1. The number of hydrogen-bond donors (Lipinski definition) is 1. The van der Waals surface area contributed by atoms with E-state index in [1.807, 2.05) is 0 Å². The molecule has 1 N–H and O–H groups in total. The predicted octanol–water partition coefficient (Wildman–Crippen LogP) is 4.89. The molecular weight excluding hydrogens is 284 g/mol. The number of rotatable bonds is 6. The van der Waals surface area contributed by atoms with Gasteiger partial charge in [0.05, 0.1) is 17.5 Å². The number of nitrogens with zero attached hydrogens (tertiary/aromatic N) is 1. The summed E-state index contributed by atoms with van der Waals surface area (Å²) in [5.41, 5.74) is 3.73. The summed E-state index contributed by atoms with van der Waals surface area (Å²) in [4.78, 5) is 0. The van der Waals surface area contributed by atoms with E-state index < -0.39 is 0 Å². The zero-order valence-corrected chi connectivity index (χ0v) is 13.5. The van der Waals surface area contributed by atoms with Crippen molar-refractivity contribution in [3.8, 4) is 5.88 Å². The molecule has 118 valence electrons. The Balaban J connectivity index is 1.67. The Morgan fingerprint density at radius 1 is 1.13 bits per heavy atom. The summed E-state index contributed by atoms with van der Waals surface area (Å²) in [6, 6.07) is 17.3. The minimum atomic E-state index is 0.409. The van der Waals surface area contributed by atoms with Gasteiger partial charge < -0.3 is 4.74 Å². The van der Waals surface area contributed by atoms with Crippen LogP contribution in [-0.4, -0.2) is 16.8 Å². The molecule has 3 heteroatoms. The SMILES string of the molecule is CCC(c1ccccc1)c1ccc2[nH]nc(OCC3CC3)c2c1. The topological polar surface area (TPSA) is 37.9 Å². The van der Waals surface area contributed by atoms with Gasteiger partial charge in [-0.2, -0.15) is 0 Å². The van der Waals surface area contributed by atoms with Gasteiger partial charge in [-0.15, -0.1) is 5.10 Å². The molecule has 1 unspecified atom stereocenters. The molecule has 4 rings (SSSR count). The van der Waals surface area contributed by atoms with Crippen molar-refractivity contribution in [1.29, 1.82) is 0 Å². The van der Waals surface area contributed by atoms with Crippen molar-refractivity contribution in [3.63, 3.8) is 0 Å². The van der Waals surface area contributed by atoms with E-state index in [0.29, 0.717) is 5.92 Å². The van der Waals surface area contributed by atoms with E-state index in [-0.39, 0.29) is 0 Å². The van der Waals surface area contributed by atoms with E-state index in [1.165, 1.54) is 24.0 Å². The number of aromatic nitrogens is 2. The van der Waals surface area contributed by atoms with E-state index >= 15 is 0 Å². The summed E-state index contributed by atoms with van der Waals surface area (Å²) in [5, 5.41) is 8.52. The third-order valence-corrected chi connectivity index (χ3v) is 4.72. The summed E-state index contributed by atoms with van der Waals surface area (Å²) in [6.07, 6.45) is 3.66. The molecule has 0 spiro atoms. The molecule has 0 saturated heterocycles. The number of nitrogens with one attached hydrogen (secondary N) is 1. The monoisotopic (exact) mass is 306 g/mol. The normalized spacial score (nSPS) is 15.7. The molecule has 1 aromatic heterocycles. The number of H-pyrrole nitrogens is 1. The van der Waals surface area contributed by atoms with Crippen LogP contribution in [0.25, 0.3) is 10.9 Å². The van der Waals surface area contributed by atoms with E-state index in [0.717, 1.165) is 35.7 Å². The van der Waals surface area contributed by atoms with Crippen LogP contribution in [0.1, 0.15) is 43.2 Å². The van der Waals surface area contributed by atoms with Crippen LogP contribution in [0.2, 0.25) is 0 Å². The van der Waals surface area contributed by atoms with Crippen LogP contribution >= 0.6 is 0 Å².